The summed E-state index contributed by atoms with van der Waals surface area (Å²) in [6.45, 7) is 0. The van der Waals surface area contributed by atoms with Crippen molar-refractivity contribution in [1.82, 2.24) is 15.0 Å². The normalized spacial score (nSPS) is 11.1. The van der Waals surface area contributed by atoms with Gasteiger partial charge >= 0.3 is 0 Å². The highest BCUT2D eigenvalue weighted by atomic mass is 32.2. The lowest BCUT2D eigenvalue weighted by atomic mass is 10.2. The van der Waals surface area contributed by atoms with Crippen molar-refractivity contribution in [2.24, 2.45) is 0 Å². The van der Waals surface area contributed by atoms with Gasteiger partial charge in [-0.3, -0.25) is 0 Å². The van der Waals surface area contributed by atoms with Gasteiger partial charge < -0.3 is 9.72 Å². The predicted octanol–water partition coefficient (Wildman–Crippen LogP) is 4.27. The topological polar surface area (TPSA) is 50.8 Å². The van der Waals surface area contributed by atoms with Crippen molar-refractivity contribution in [3.63, 3.8) is 0 Å². The van der Waals surface area contributed by atoms with Crippen LogP contribution in [0.4, 0.5) is 0 Å². The van der Waals surface area contributed by atoms with Crippen molar-refractivity contribution in [1.29, 1.82) is 0 Å². The Hall–Kier alpha value is -2.53. The molecular weight excluding hydrogens is 294 g/mol. The summed E-state index contributed by atoms with van der Waals surface area (Å²) in [7, 11) is 1.67. The van der Waals surface area contributed by atoms with Crippen LogP contribution in [0.1, 0.15) is 0 Å². The van der Waals surface area contributed by atoms with Gasteiger partial charge in [0.2, 0.25) is 0 Å². The summed E-state index contributed by atoms with van der Waals surface area (Å²) in [6.07, 6.45) is 1.62. The monoisotopic (exact) mass is 307 g/mol. The maximum atomic E-state index is 5.27. The highest BCUT2D eigenvalue weighted by molar-refractivity contribution is 7.99. The van der Waals surface area contributed by atoms with Crippen molar-refractivity contribution in [2.75, 3.05) is 7.11 Å². The van der Waals surface area contributed by atoms with Crippen LogP contribution in [0.15, 0.2) is 64.8 Å². The molecule has 0 aliphatic rings. The van der Waals surface area contributed by atoms with Crippen molar-refractivity contribution in [3.05, 3.63) is 54.9 Å². The van der Waals surface area contributed by atoms with Gasteiger partial charge in [0.25, 0.3) is 0 Å². The third kappa shape index (κ3) is 2.19. The molecule has 2 aromatic carbocycles. The van der Waals surface area contributed by atoms with Crippen molar-refractivity contribution in [2.45, 2.75) is 9.92 Å². The van der Waals surface area contributed by atoms with Crippen LogP contribution in [-0.2, 0) is 0 Å². The number of methoxy groups -OCH3 is 1. The van der Waals surface area contributed by atoms with Crippen molar-refractivity contribution in [3.8, 4) is 5.75 Å². The van der Waals surface area contributed by atoms with E-state index in [0.29, 0.717) is 0 Å². The minimum atomic E-state index is 0.840. The molecule has 4 rings (SSSR count). The Labute approximate surface area is 131 Å². The van der Waals surface area contributed by atoms with E-state index in [9.17, 15) is 0 Å². The highest BCUT2D eigenvalue weighted by Crippen LogP contribution is 2.34. The van der Waals surface area contributed by atoms with Gasteiger partial charge in [0.05, 0.1) is 12.6 Å². The summed E-state index contributed by atoms with van der Waals surface area (Å²) in [5, 5.41) is 2.03. The molecule has 0 spiro atoms. The maximum absolute atomic E-state index is 5.27. The van der Waals surface area contributed by atoms with Gasteiger partial charge in [-0.15, -0.1) is 0 Å². The van der Waals surface area contributed by atoms with Crippen molar-refractivity contribution < 1.29 is 4.74 Å². The second kappa shape index (κ2) is 5.35. The maximum Gasteiger partial charge on any atom is 0.128 e. The Morgan fingerprint density at radius 1 is 1.05 bits per heavy atom. The molecule has 0 aliphatic carbocycles. The standard InChI is InChI=1S/C17H13N3OS/c1-21-11-5-4-6-12(9-11)22-17-16-15(18-10-19-17)13-7-2-3-8-14(13)20-16/h2-10,20H,1H3. The number of ether oxygens (including phenoxy) is 1. The number of hydrogen-bond donors (Lipinski definition) is 1. The van der Waals surface area contributed by atoms with E-state index in [1.165, 1.54) is 0 Å². The summed E-state index contributed by atoms with van der Waals surface area (Å²) in [5.74, 6) is 0.840. The van der Waals surface area contributed by atoms with Gasteiger partial charge in [-0.25, -0.2) is 9.97 Å². The van der Waals surface area contributed by atoms with Gasteiger partial charge in [-0.05, 0) is 24.3 Å². The van der Waals surface area contributed by atoms with Crippen LogP contribution in [0.5, 0.6) is 5.75 Å². The summed E-state index contributed by atoms with van der Waals surface area (Å²) in [6, 6.07) is 16.1. The largest absolute Gasteiger partial charge is 0.497 e. The molecule has 0 saturated heterocycles. The molecule has 0 fully saturated rings. The van der Waals surface area contributed by atoms with E-state index in [1.54, 1.807) is 25.2 Å². The number of aromatic amines is 1. The van der Waals surface area contributed by atoms with E-state index in [1.807, 2.05) is 36.4 Å². The summed E-state index contributed by atoms with van der Waals surface area (Å²) in [4.78, 5) is 13.4. The smallest absolute Gasteiger partial charge is 0.128 e. The number of para-hydroxylation sites is 1. The van der Waals surface area contributed by atoms with Gasteiger partial charge in [-0.1, -0.05) is 36.0 Å². The molecule has 22 heavy (non-hydrogen) atoms. The molecule has 4 nitrogen and oxygen atoms in total. The van der Waals surface area contributed by atoms with E-state index in [-0.39, 0.29) is 0 Å². The first-order valence-electron chi connectivity index (χ1n) is 6.88. The molecule has 108 valence electrons. The molecule has 0 aliphatic heterocycles. The van der Waals surface area contributed by atoms with E-state index in [4.69, 9.17) is 4.74 Å². The average molecular weight is 307 g/mol. The van der Waals surface area contributed by atoms with Crippen molar-refractivity contribution >= 4 is 33.7 Å². The molecule has 0 radical (unpaired) electrons. The number of H-pyrrole nitrogens is 1. The highest BCUT2D eigenvalue weighted by Gasteiger charge is 2.11. The Morgan fingerprint density at radius 3 is 2.86 bits per heavy atom. The Morgan fingerprint density at radius 2 is 1.95 bits per heavy atom. The van der Waals surface area contributed by atoms with Crippen LogP contribution in [-0.4, -0.2) is 22.1 Å². The second-order valence-corrected chi connectivity index (χ2v) is 5.92. The minimum absolute atomic E-state index is 0.840. The van der Waals surface area contributed by atoms with Gasteiger partial charge in [0, 0.05) is 15.8 Å². The lowest BCUT2D eigenvalue weighted by Crippen LogP contribution is -1.86. The Bertz CT molecular complexity index is 964. The molecule has 2 aromatic heterocycles. The fourth-order valence-corrected chi connectivity index (χ4v) is 3.37. The predicted molar refractivity (Wildman–Crippen MR) is 88.5 cm³/mol. The molecule has 0 atom stereocenters. The molecular formula is C17H13N3OS. The third-order valence-electron chi connectivity index (χ3n) is 3.51. The van der Waals surface area contributed by atoms with Gasteiger partial charge in [-0.2, -0.15) is 0 Å². The molecule has 2 heterocycles. The average Bonchev–Trinajstić information content (AvgIpc) is 2.95. The summed E-state index contributed by atoms with van der Waals surface area (Å²) >= 11 is 1.60. The first-order valence-corrected chi connectivity index (χ1v) is 7.70. The zero-order valence-corrected chi connectivity index (χ0v) is 12.7. The van der Waals surface area contributed by atoms with Crippen LogP contribution in [0.3, 0.4) is 0 Å². The molecule has 1 N–H and O–H groups in total. The molecule has 0 saturated carbocycles. The number of aromatic nitrogens is 3. The molecule has 4 aromatic rings. The molecule has 0 bridgehead atoms. The number of rotatable bonds is 3. The Kier molecular flexibility index (Phi) is 3.20. The first-order chi connectivity index (χ1) is 10.8. The fourth-order valence-electron chi connectivity index (χ4n) is 2.47. The van der Waals surface area contributed by atoms with Crippen LogP contribution in [0.2, 0.25) is 0 Å². The molecule has 0 amide bonds. The van der Waals surface area contributed by atoms with Gasteiger partial charge in [0.1, 0.15) is 22.6 Å². The zero-order valence-electron chi connectivity index (χ0n) is 11.9. The zero-order chi connectivity index (χ0) is 14.9. The Balaban J connectivity index is 1.84. The number of hydrogen-bond acceptors (Lipinski definition) is 4. The van der Waals surface area contributed by atoms with Crippen LogP contribution in [0, 0.1) is 0 Å². The third-order valence-corrected chi connectivity index (χ3v) is 4.50. The number of nitrogens with one attached hydrogen (secondary N) is 1. The quantitative estimate of drug-likeness (QED) is 0.574. The lowest BCUT2D eigenvalue weighted by molar-refractivity contribution is 0.413. The summed E-state index contributed by atoms with van der Waals surface area (Å²) in [5.41, 5.74) is 3.00. The number of fused-ring (bicyclic) bond motifs is 3. The molecule has 5 heteroatoms. The lowest BCUT2D eigenvalue weighted by Gasteiger charge is -2.04. The summed E-state index contributed by atoms with van der Waals surface area (Å²) < 4.78 is 5.27. The second-order valence-electron chi connectivity index (χ2n) is 4.85. The van der Waals surface area contributed by atoms with Gasteiger partial charge in [0.15, 0.2) is 0 Å². The molecule has 0 unspecified atom stereocenters. The van der Waals surface area contributed by atoms with E-state index in [0.717, 1.165) is 37.6 Å². The minimum Gasteiger partial charge on any atom is -0.497 e. The number of benzene rings is 2. The first kappa shape index (κ1) is 13.2. The van der Waals surface area contributed by atoms with Crippen LogP contribution < -0.4 is 4.74 Å². The SMILES string of the molecule is COc1cccc(Sc2ncnc3c2[nH]c2ccccc23)c1. The fraction of sp³-hybridized carbons (Fsp3) is 0.0588. The van der Waals surface area contributed by atoms with Crippen LogP contribution >= 0.6 is 11.8 Å². The number of nitrogens with zero attached hydrogens (tertiary/aromatic N) is 2. The van der Waals surface area contributed by atoms with E-state index >= 15 is 0 Å². The van der Waals surface area contributed by atoms with E-state index < -0.39 is 0 Å². The van der Waals surface area contributed by atoms with Crippen LogP contribution in [0.25, 0.3) is 21.9 Å². The van der Waals surface area contributed by atoms with E-state index in [2.05, 4.69) is 27.1 Å².